The summed E-state index contributed by atoms with van der Waals surface area (Å²) in [7, 11) is 0. The molecule has 3 rings (SSSR count). The minimum Gasteiger partial charge on any atom is -0.391 e. The van der Waals surface area contributed by atoms with Crippen molar-refractivity contribution in [2.24, 2.45) is 5.73 Å². The van der Waals surface area contributed by atoms with Crippen molar-refractivity contribution in [3.8, 4) is 0 Å². The van der Waals surface area contributed by atoms with E-state index in [1.807, 2.05) is 0 Å². The van der Waals surface area contributed by atoms with Crippen LogP contribution in [-0.2, 0) is 9.47 Å². The number of nitrogens with two attached hydrogens (primary N) is 1. The normalized spacial score (nSPS) is 52.2. The number of aliphatic hydroxyl groups excluding tert-OH is 1. The van der Waals surface area contributed by atoms with Crippen molar-refractivity contribution in [1.29, 1.82) is 0 Å². The van der Waals surface area contributed by atoms with Gasteiger partial charge in [-0.05, 0) is 0 Å². The number of hydrogen-bond donors (Lipinski definition) is 2. The first-order valence-electron chi connectivity index (χ1n) is 3.44. The molecule has 3 N–H and O–H groups in total. The van der Waals surface area contributed by atoms with Gasteiger partial charge >= 0.3 is 0 Å². The van der Waals surface area contributed by atoms with Crippen LogP contribution in [0.4, 0.5) is 0 Å². The number of aliphatic hydroxyl groups is 1. The van der Waals surface area contributed by atoms with Gasteiger partial charge in [-0.25, -0.2) is 0 Å². The largest absolute Gasteiger partial charge is 0.391 e. The number of hydrogen-bond acceptors (Lipinski definition) is 4. The predicted octanol–water partition coefficient (Wildman–Crippen LogP) is -1.18. The van der Waals surface area contributed by atoms with Gasteiger partial charge in [0.25, 0.3) is 0 Å². The van der Waals surface area contributed by atoms with Gasteiger partial charge in [0.2, 0.25) is 0 Å². The third kappa shape index (κ3) is 0.703. The highest BCUT2D eigenvalue weighted by atomic mass is 16.7. The van der Waals surface area contributed by atoms with Gasteiger partial charge in [-0.1, -0.05) is 0 Å². The molecule has 0 aliphatic carbocycles. The molecule has 3 aliphatic rings. The topological polar surface area (TPSA) is 64.7 Å². The van der Waals surface area contributed by atoms with Crippen molar-refractivity contribution >= 4 is 0 Å². The third-order valence-corrected chi connectivity index (χ3v) is 2.14. The molecule has 2 bridgehead atoms. The molecule has 3 heterocycles. The molecule has 3 unspecified atom stereocenters. The lowest BCUT2D eigenvalue weighted by atomic mass is 9.93. The van der Waals surface area contributed by atoms with Gasteiger partial charge in [0, 0.05) is 6.42 Å². The monoisotopic (exact) mass is 145 g/mol. The van der Waals surface area contributed by atoms with Gasteiger partial charge in [0.15, 0.2) is 5.79 Å². The van der Waals surface area contributed by atoms with E-state index in [2.05, 4.69) is 0 Å². The molecule has 0 aromatic carbocycles. The fourth-order valence-corrected chi connectivity index (χ4v) is 1.41. The Bertz CT molecular complexity index is 138. The Morgan fingerprint density at radius 1 is 1.70 bits per heavy atom. The van der Waals surface area contributed by atoms with Gasteiger partial charge in [0.05, 0.1) is 25.4 Å². The Hall–Kier alpha value is -0.160. The highest BCUT2D eigenvalue weighted by Crippen LogP contribution is 2.39. The molecule has 0 aromatic heterocycles. The summed E-state index contributed by atoms with van der Waals surface area (Å²) >= 11 is 0. The van der Waals surface area contributed by atoms with Crippen LogP contribution in [0.15, 0.2) is 0 Å². The van der Waals surface area contributed by atoms with E-state index in [0.29, 0.717) is 6.61 Å². The summed E-state index contributed by atoms with van der Waals surface area (Å²) < 4.78 is 10.4. The Balaban J connectivity index is 2.01. The second-order valence-electron chi connectivity index (χ2n) is 2.90. The third-order valence-electron chi connectivity index (χ3n) is 2.14. The molecule has 3 saturated heterocycles. The van der Waals surface area contributed by atoms with Crippen LogP contribution < -0.4 is 5.73 Å². The van der Waals surface area contributed by atoms with Crippen molar-refractivity contribution in [2.45, 2.75) is 24.4 Å². The summed E-state index contributed by atoms with van der Waals surface area (Å²) in [4.78, 5) is 0. The zero-order valence-corrected chi connectivity index (χ0v) is 5.62. The van der Waals surface area contributed by atoms with Gasteiger partial charge in [-0.15, -0.1) is 0 Å². The molecule has 10 heavy (non-hydrogen) atoms. The lowest BCUT2D eigenvalue weighted by Gasteiger charge is -2.53. The number of fused-ring (bicyclic) bond motifs is 2. The molecule has 0 aromatic rings. The first kappa shape index (κ1) is 6.54. The second-order valence-corrected chi connectivity index (χ2v) is 2.90. The van der Waals surface area contributed by atoms with Crippen LogP contribution >= 0.6 is 0 Å². The maximum atomic E-state index is 8.78. The lowest BCUT2D eigenvalue weighted by molar-refractivity contribution is -0.391. The van der Waals surface area contributed by atoms with Crippen LogP contribution in [-0.4, -0.2) is 36.3 Å². The van der Waals surface area contributed by atoms with Gasteiger partial charge < -0.3 is 20.3 Å². The molecule has 4 nitrogen and oxygen atoms in total. The van der Waals surface area contributed by atoms with Crippen LogP contribution in [0.3, 0.4) is 0 Å². The van der Waals surface area contributed by atoms with E-state index < -0.39 is 5.79 Å². The van der Waals surface area contributed by atoms with E-state index in [-0.39, 0.29) is 18.8 Å². The predicted molar refractivity (Wildman–Crippen MR) is 33.2 cm³/mol. The summed E-state index contributed by atoms with van der Waals surface area (Å²) in [5.74, 6) is -0.680. The molecule has 58 valence electrons. The van der Waals surface area contributed by atoms with Crippen LogP contribution in [0.5, 0.6) is 0 Å². The fraction of sp³-hybridized carbons (Fsp3) is 1.00. The van der Waals surface area contributed by atoms with E-state index >= 15 is 0 Å². The molecule has 0 saturated carbocycles. The maximum Gasteiger partial charge on any atom is 0.194 e. The van der Waals surface area contributed by atoms with Gasteiger partial charge in [-0.2, -0.15) is 0 Å². The minimum absolute atomic E-state index is 0.00609. The molecule has 3 fully saturated rings. The summed E-state index contributed by atoms with van der Waals surface area (Å²) in [5, 5.41) is 8.78. The minimum atomic E-state index is -0.680. The first-order chi connectivity index (χ1) is 4.76. The summed E-state index contributed by atoms with van der Waals surface area (Å²) in [6, 6.07) is -0.00609. The second kappa shape index (κ2) is 1.92. The molecule has 0 amide bonds. The van der Waals surface area contributed by atoms with E-state index in [1.165, 1.54) is 0 Å². The van der Waals surface area contributed by atoms with Crippen molar-refractivity contribution in [3.63, 3.8) is 0 Å². The highest BCUT2D eigenvalue weighted by molar-refractivity contribution is 4.96. The number of rotatable bonds is 1. The van der Waals surface area contributed by atoms with Gasteiger partial charge in [-0.3, -0.25) is 0 Å². The molecule has 3 atom stereocenters. The van der Waals surface area contributed by atoms with E-state index in [1.54, 1.807) is 0 Å². The number of ether oxygens (including phenoxy) is 2. The summed E-state index contributed by atoms with van der Waals surface area (Å²) in [6.45, 7) is 0.446. The lowest BCUT2D eigenvalue weighted by Crippen LogP contribution is -2.67. The average Bonchev–Trinajstić information content (AvgIpc) is 1.87. The van der Waals surface area contributed by atoms with Crippen molar-refractivity contribution in [3.05, 3.63) is 0 Å². The van der Waals surface area contributed by atoms with E-state index in [4.69, 9.17) is 20.3 Å². The highest BCUT2D eigenvalue weighted by Gasteiger charge is 2.53. The van der Waals surface area contributed by atoms with Crippen LogP contribution in [0.1, 0.15) is 6.42 Å². The smallest absolute Gasteiger partial charge is 0.194 e. The zero-order valence-electron chi connectivity index (χ0n) is 5.62. The molecule has 0 spiro atoms. The van der Waals surface area contributed by atoms with Crippen molar-refractivity contribution < 1.29 is 14.6 Å². The van der Waals surface area contributed by atoms with Crippen LogP contribution in [0.2, 0.25) is 0 Å². The van der Waals surface area contributed by atoms with Crippen molar-refractivity contribution in [2.75, 3.05) is 13.2 Å². The molecular formula is C6H11NO3. The maximum absolute atomic E-state index is 8.78. The summed E-state index contributed by atoms with van der Waals surface area (Å²) in [6.07, 6.45) is 0.853. The quantitative estimate of drug-likeness (QED) is 0.487. The molecule has 0 radical (unpaired) electrons. The van der Waals surface area contributed by atoms with Gasteiger partial charge in [0.1, 0.15) is 0 Å². The van der Waals surface area contributed by atoms with E-state index in [9.17, 15) is 0 Å². The Labute approximate surface area is 58.9 Å². The fourth-order valence-electron chi connectivity index (χ4n) is 1.41. The molecular weight excluding hydrogens is 134 g/mol. The Kier molecular flexibility index (Phi) is 1.25. The zero-order chi connectivity index (χ0) is 7.19. The Morgan fingerprint density at radius 2 is 2.40 bits per heavy atom. The molecule has 3 aliphatic heterocycles. The first-order valence-corrected chi connectivity index (χ1v) is 3.44. The standard InChI is InChI=1S/C6H11NO3/c7-4-2-9-6(3-8)1-5(4)10-6/h4-5,8H,1-3,7H2. The SMILES string of the molecule is NC1COC2(CO)CC1O2. The van der Waals surface area contributed by atoms with Crippen LogP contribution in [0.25, 0.3) is 0 Å². The Morgan fingerprint density at radius 3 is 2.80 bits per heavy atom. The average molecular weight is 145 g/mol. The van der Waals surface area contributed by atoms with Crippen molar-refractivity contribution in [1.82, 2.24) is 0 Å². The van der Waals surface area contributed by atoms with E-state index in [0.717, 1.165) is 6.42 Å². The summed E-state index contributed by atoms with van der Waals surface area (Å²) in [5.41, 5.74) is 5.60. The van der Waals surface area contributed by atoms with Crippen LogP contribution in [0, 0.1) is 0 Å². The molecule has 4 heteroatoms.